The highest BCUT2D eigenvalue weighted by molar-refractivity contribution is 6.00. The molecule has 2 aromatic rings. The number of carbonyl (C=O) groups excluding carboxylic acids is 3. The fraction of sp³-hybridized carbons (Fsp3) is 0.522. The third-order valence-corrected chi connectivity index (χ3v) is 5.93. The van der Waals surface area contributed by atoms with Crippen molar-refractivity contribution in [2.45, 2.75) is 64.0 Å². The van der Waals surface area contributed by atoms with Crippen LogP contribution in [0.2, 0.25) is 0 Å². The molecule has 0 saturated carbocycles. The first-order chi connectivity index (χ1) is 14.2. The molecule has 0 aliphatic carbocycles. The normalized spacial score (nSPS) is 21.0. The molecule has 3 heterocycles. The average molecular weight is 412 g/mol. The molecular formula is C23H29N3O4. The zero-order valence-corrected chi connectivity index (χ0v) is 17.8. The molecule has 1 aromatic heterocycles. The highest BCUT2D eigenvalue weighted by atomic mass is 16.6. The zero-order valence-electron chi connectivity index (χ0n) is 17.8. The van der Waals surface area contributed by atoms with Gasteiger partial charge in [-0.15, -0.1) is 0 Å². The van der Waals surface area contributed by atoms with Gasteiger partial charge in [-0.1, -0.05) is 12.1 Å². The molecular weight excluding hydrogens is 382 g/mol. The Labute approximate surface area is 176 Å². The number of hydrogen-bond donors (Lipinski definition) is 1. The van der Waals surface area contributed by atoms with Crippen molar-refractivity contribution in [1.29, 1.82) is 0 Å². The van der Waals surface area contributed by atoms with Crippen LogP contribution in [0.3, 0.4) is 0 Å². The van der Waals surface area contributed by atoms with E-state index in [0.29, 0.717) is 31.8 Å². The number of amides is 3. The van der Waals surface area contributed by atoms with Gasteiger partial charge < -0.3 is 14.2 Å². The molecule has 0 radical (unpaired) electrons. The minimum absolute atomic E-state index is 0.204. The highest BCUT2D eigenvalue weighted by Crippen LogP contribution is 2.35. The van der Waals surface area contributed by atoms with Crippen LogP contribution in [0.15, 0.2) is 30.5 Å². The Bertz CT molecular complexity index is 980. The predicted octanol–water partition coefficient (Wildman–Crippen LogP) is 3.73. The third kappa shape index (κ3) is 4.06. The first-order valence-corrected chi connectivity index (χ1v) is 10.6. The molecule has 3 amide bonds. The molecule has 0 bridgehead atoms. The lowest BCUT2D eigenvalue weighted by atomic mass is 9.87. The largest absolute Gasteiger partial charge is 0.444 e. The molecule has 7 heteroatoms. The second-order valence-corrected chi connectivity index (χ2v) is 9.21. The van der Waals surface area contributed by atoms with Crippen molar-refractivity contribution in [3.63, 3.8) is 0 Å². The second kappa shape index (κ2) is 7.78. The summed E-state index contributed by atoms with van der Waals surface area (Å²) in [5.41, 5.74) is 1.78. The van der Waals surface area contributed by atoms with Gasteiger partial charge >= 0.3 is 6.09 Å². The number of nitrogens with zero attached hydrogens (tertiary/aromatic N) is 2. The number of rotatable bonds is 2. The van der Waals surface area contributed by atoms with Crippen LogP contribution < -0.4 is 5.32 Å². The van der Waals surface area contributed by atoms with Crippen LogP contribution in [-0.4, -0.2) is 46.1 Å². The number of aromatic nitrogens is 1. The molecule has 2 aliphatic heterocycles. The summed E-state index contributed by atoms with van der Waals surface area (Å²) in [6, 6.07) is 7.91. The number of carbonyl (C=O) groups is 3. The molecule has 0 unspecified atom stereocenters. The van der Waals surface area contributed by atoms with E-state index in [4.69, 9.17) is 4.74 Å². The fourth-order valence-electron chi connectivity index (χ4n) is 4.49. The maximum Gasteiger partial charge on any atom is 0.410 e. The standard InChI is InChI=1S/C23H29N3O4/c1-23(2,3)30-22(29)25-12-9-15(10-13-25)16-5-4-6-18-17(16)11-14-26(18)19-7-8-20(27)24-21(19)28/h4-6,11,14-15,19H,7-10,12-13H2,1-3H3,(H,24,27,28)/t19-/m0/s1. The number of imide groups is 1. The molecule has 0 spiro atoms. The van der Waals surface area contributed by atoms with E-state index < -0.39 is 5.60 Å². The van der Waals surface area contributed by atoms with Gasteiger partial charge in [0, 0.05) is 36.6 Å². The van der Waals surface area contributed by atoms with Gasteiger partial charge in [0.25, 0.3) is 0 Å². The van der Waals surface area contributed by atoms with Crippen LogP contribution in [0.4, 0.5) is 4.79 Å². The Morgan fingerprint density at radius 2 is 1.83 bits per heavy atom. The molecule has 7 nitrogen and oxygen atoms in total. The molecule has 2 saturated heterocycles. The van der Waals surface area contributed by atoms with Gasteiger partial charge in [-0.25, -0.2) is 4.79 Å². The van der Waals surface area contributed by atoms with Crippen molar-refractivity contribution in [3.05, 3.63) is 36.0 Å². The van der Waals surface area contributed by atoms with E-state index >= 15 is 0 Å². The zero-order chi connectivity index (χ0) is 21.5. The summed E-state index contributed by atoms with van der Waals surface area (Å²) in [6.07, 6.45) is 4.34. The Kier molecular flexibility index (Phi) is 5.30. The first kappa shape index (κ1) is 20.4. The highest BCUT2D eigenvalue weighted by Gasteiger charge is 2.31. The summed E-state index contributed by atoms with van der Waals surface area (Å²) < 4.78 is 7.48. The van der Waals surface area contributed by atoms with Crippen LogP contribution in [0.5, 0.6) is 0 Å². The van der Waals surface area contributed by atoms with Crippen molar-refractivity contribution in [1.82, 2.24) is 14.8 Å². The molecule has 160 valence electrons. The topological polar surface area (TPSA) is 80.6 Å². The van der Waals surface area contributed by atoms with Crippen LogP contribution >= 0.6 is 0 Å². The molecule has 2 aliphatic rings. The summed E-state index contributed by atoms with van der Waals surface area (Å²) in [5, 5.41) is 3.58. The maximum absolute atomic E-state index is 12.3. The van der Waals surface area contributed by atoms with Crippen molar-refractivity contribution >= 4 is 28.8 Å². The van der Waals surface area contributed by atoms with Crippen molar-refractivity contribution in [2.24, 2.45) is 0 Å². The lowest BCUT2D eigenvalue weighted by Crippen LogP contribution is -2.41. The van der Waals surface area contributed by atoms with E-state index in [1.165, 1.54) is 5.56 Å². The van der Waals surface area contributed by atoms with E-state index in [9.17, 15) is 14.4 Å². The average Bonchev–Trinajstić information content (AvgIpc) is 3.11. The third-order valence-electron chi connectivity index (χ3n) is 5.93. The van der Waals surface area contributed by atoms with Crippen molar-refractivity contribution < 1.29 is 19.1 Å². The monoisotopic (exact) mass is 411 g/mol. The summed E-state index contributed by atoms with van der Waals surface area (Å²) >= 11 is 0. The minimum Gasteiger partial charge on any atom is -0.444 e. The lowest BCUT2D eigenvalue weighted by molar-refractivity contribution is -0.135. The van der Waals surface area contributed by atoms with E-state index in [0.717, 1.165) is 23.7 Å². The number of likely N-dealkylation sites (tertiary alicyclic amines) is 1. The van der Waals surface area contributed by atoms with E-state index in [1.807, 2.05) is 43.7 Å². The summed E-state index contributed by atoms with van der Waals surface area (Å²) in [7, 11) is 0. The van der Waals surface area contributed by atoms with Crippen LogP contribution in [0, 0.1) is 0 Å². The van der Waals surface area contributed by atoms with Gasteiger partial charge in [0.2, 0.25) is 11.8 Å². The van der Waals surface area contributed by atoms with Gasteiger partial charge in [-0.3, -0.25) is 14.9 Å². The van der Waals surface area contributed by atoms with Crippen LogP contribution in [-0.2, 0) is 14.3 Å². The lowest BCUT2D eigenvalue weighted by Gasteiger charge is -2.34. The minimum atomic E-state index is -0.488. The number of nitrogens with one attached hydrogen (secondary N) is 1. The molecule has 1 N–H and O–H groups in total. The molecule has 1 aromatic carbocycles. The van der Waals surface area contributed by atoms with E-state index in [2.05, 4.69) is 17.4 Å². The number of benzene rings is 1. The molecule has 1 atom stereocenters. The van der Waals surface area contributed by atoms with Crippen LogP contribution in [0.1, 0.15) is 64.0 Å². The number of fused-ring (bicyclic) bond motifs is 1. The van der Waals surface area contributed by atoms with Crippen molar-refractivity contribution in [3.8, 4) is 0 Å². The Hall–Kier alpha value is -2.83. The SMILES string of the molecule is CC(C)(C)OC(=O)N1CCC(c2cccc3c2ccn3[C@H]2CCC(=O)NC2=O)CC1. The van der Waals surface area contributed by atoms with Gasteiger partial charge in [0.1, 0.15) is 11.6 Å². The van der Waals surface area contributed by atoms with Gasteiger partial charge in [0.15, 0.2) is 0 Å². The van der Waals surface area contributed by atoms with Crippen LogP contribution in [0.25, 0.3) is 10.9 Å². The Balaban J connectivity index is 1.51. The van der Waals surface area contributed by atoms with Gasteiger partial charge in [0.05, 0.1) is 0 Å². The fourth-order valence-corrected chi connectivity index (χ4v) is 4.49. The predicted molar refractivity (Wildman–Crippen MR) is 113 cm³/mol. The molecule has 30 heavy (non-hydrogen) atoms. The first-order valence-electron chi connectivity index (χ1n) is 10.6. The molecule has 2 fully saturated rings. The second-order valence-electron chi connectivity index (χ2n) is 9.21. The van der Waals surface area contributed by atoms with Gasteiger partial charge in [-0.2, -0.15) is 0 Å². The van der Waals surface area contributed by atoms with E-state index in [1.54, 1.807) is 4.90 Å². The quantitative estimate of drug-likeness (QED) is 0.764. The summed E-state index contributed by atoms with van der Waals surface area (Å²) in [5.74, 6) is -0.0880. The smallest absolute Gasteiger partial charge is 0.410 e. The number of ether oxygens (including phenoxy) is 1. The summed E-state index contributed by atoms with van der Waals surface area (Å²) in [6.45, 7) is 6.98. The number of hydrogen-bond acceptors (Lipinski definition) is 4. The maximum atomic E-state index is 12.3. The van der Waals surface area contributed by atoms with Crippen molar-refractivity contribution in [2.75, 3.05) is 13.1 Å². The number of piperidine rings is 2. The Morgan fingerprint density at radius 1 is 1.10 bits per heavy atom. The van der Waals surface area contributed by atoms with E-state index in [-0.39, 0.29) is 23.9 Å². The molecule has 4 rings (SSSR count). The Morgan fingerprint density at radius 3 is 2.50 bits per heavy atom. The summed E-state index contributed by atoms with van der Waals surface area (Å²) in [4.78, 5) is 37.9. The van der Waals surface area contributed by atoms with Gasteiger partial charge in [-0.05, 0) is 63.6 Å².